The summed E-state index contributed by atoms with van der Waals surface area (Å²) in [6.45, 7) is 5.75. The second kappa shape index (κ2) is 9.89. The number of fused-ring (bicyclic) bond motifs is 1. The van der Waals surface area contributed by atoms with Gasteiger partial charge >= 0.3 is 0 Å². The van der Waals surface area contributed by atoms with Crippen LogP contribution >= 0.6 is 0 Å². The molecule has 2 aliphatic rings. The number of aromatic amines is 1. The van der Waals surface area contributed by atoms with Crippen LogP contribution < -0.4 is 17.3 Å². The smallest absolute Gasteiger partial charge is 0.271 e. The Bertz CT molecular complexity index is 974. The van der Waals surface area contributed by atoms with Gasteiger partial charge in [0.05, 0.1) is 5.70 Å². The second-order valence-corrected chi connectivity index (χ2v) is 8.92. The molecule has 1 amide bonds. The largest absolute Gasteiger partial charge is 0.397 e. The summed E-state index contributed by atoms with van der Waals surface area (Å²) in [5, 5.41) is 2.19. The number of hydrogen-bond acceptors (Lipinski definition) is 6. The van der Waals surface area contributed by atoms with Crippen molar-refractivity contribution < 1.29 is 9.18 Å². The van der Waals surface area contributed by atoms with Gasteiger partial charge in [-0.25, -0.2) is 10.2 Å². The number of carbonyl (C=O) groups is 1. The zero-order valence-corrected chi connectivity index (χ0v) is 18.5. The highest BCUT2D eigenvalue weighted by Crippen LogP contribution is 2.29. The van der Waals surface area contributed by atoms with E-state index in [-0.39, 0.29) is 11.7 Å². The van der Waals surface area contributed by atoms with Crippen molar-refractivity contribution in [3.63, 3.8) is 0 Å². The highest BCUT2D eigenvalue weighted by Gasteiger charge is 2.27. The molecule has 7 N–H and O–H groups in total. The fourth-order valence-electron chi connectivity index (χ4n) is 4.87. The van der Waals surface area contributed by atoms with Gasteiger partial charge in [-0.2, -0.15) is 0 Å². The van der Waals surface area contributed by atoms with Crippen LogP contribution in [0.4, 0.5) is 4.39 Å². The molecule has 9 heteroatoms. The van der Waals surface area contributed by atoms with Gasteiger partial charge in [0, 0.05) is 55.4 Å². The van der Waals surface area contributed by atoms with Gasteiger partial charge in [-0.3, -0.25) is 4.79 Å². The van der Waals surface area contributed by atoms with Crippen molar-refractivity contribution in [2.24, 2.45) is 23.2 Å². The summed E-state index contributed by atoms with van der Waals surface area (Å²) in [6, 6.07) is 4.42. The molecule has 2 aromatic rings. The Morgan fingerprint density at radius 1 is 1.22 bits per heavy atom. The highest BCUT2D eigenvalue weighted by atomic mass is 19.1. The van der Waals surface area contributed by atoms with E-state index in [4.69, 9.17) is 17.3 Å². The maximum Gasteiger partial charge on any atom is 0.271 e. The van der Waals surface area contributed by atoms with Crippen LogP contribution in [0, 0.1) is 11.7 Å². The number of nitrogens with one attached hydrogen (secondary N) is 1. The van der Waals surface area contributed by atoms with Crippen LogP contribution in [-0.4, -0.2) is 71.5 Å². The van der Waals surface area contributed by atoms with Crippen molar-refractivity contribution in [1.29, 1.82) is 0 Å². The lowest BCUT2D eigenvalue weighted by molar-refractivity contribution is 0.0787. The molecule has 0 atom stereocenters. The van der Waals surface area contributed by atoms with Gasteiger partial charge < -0.3 is 31.3 Å². The van der Waals surface area contributed by atoms with Crippen LogP contribution in [0.5, 0.6) is 0 Å². The molecule has 2 aliphatic heterocycles. The van der Waals surface area contributed by atoms with Crippen LogP contribution in [0.2, 0.25) is 0 Å². The average Bonchev–Trinajstić information content (AvgIpc) is 3.42. The number of H-pyrrole nitrogens is 1. The molecule has 4 rings (SSSR count). The maximum absolute atomic E-state index is 14.0. The third kappa shape index (κ3) is 4.90. The third-order valence-corrected chi connectivity index (χ3v) is 6.58. The van der Waals surface area contributed by atoms with Crippen molar-refractivity contribution in [1.82, 2.24) is 19.8 Å². The van der Waals surface area contributed by atoms with Crippen molar-refractivity contribution in [2.75, 3.05) is 45.8 Å². The van der Waals surface area contributed by atoms with Gasteiger partial charge in [0.2, 0.25) is 0 Å². The van der Waals surface area contributed by atoms with E-state index >= 15 is 0 Å². The molecule has 1 aromatic heterocycles. The number of nitrogens with zero attached hydrogens (tertiary/aromatic N) is 3. The van der Waals surface area contributed by atoms with Gasteiger partial charge in [0.15, 0.2) is 0 Å². The van der Waals surface area contributed by atoms with Crippen LogP contribution in [0.3, 0.4) is 0 Å². The molecular weight excluding hydrogens is 409 g/mol. The van der Waals surface area contributed by atoms with E-state index in [9.17, 15) is 9.18 Å². The number of aromatic nitrogens is 1. The molecule has 0 unspecified atom stereocenters. The summed E-state index contributed by atoms with van der Waals surface area (Å²) in [5.74, 6) is 6.27. The fourth-order valence-corrected chi connectivity index (χ4v) is 4.87. The molecule has 0 spiro atoms. The lowest BCUT2D eigenvalue weighted by Gasteiger charge is -2.33. The Morgan fingerprint density at radius 2 is 1.94 bits per heavy atom. The predicted molar refractivity (Wildman–Crippen MR) is 125 cm³/mol. The van der Waals surface area contributed by atoms with Crippen molar-refractivity contribution in [2.45, 2.75) is 25.7 Å². The zero-order valence-electron chi connectivity index (χ0n) is 18.5. The minimum absolute atomic E-state index is 0.110. The number of rotatable bonds is 7. The Kier molecular flexibility index (Phi) is 6.98. The minimum Gasteiger partial charge on any atom is -0.397 e. The molecule has 8 nitrogen and oxygen atoms in total. The molecule has 174 valence electrons. The molecule has 2 fully saturated rings. The summed E-state index contributed by atoms with van der Waals surface area (Å²) in [4.78, 5) is 20.5. The predicted octanol–water partition coefficient (Wildman–Crippen LogP) is 1.65. The Balaban J connectivity index is 1.55. The fraction of sp³-hybridized carbons (Fsp3) is 0.522. The van der Waals surface area contributed by atoms with Crippen molar-refractivity contribution in [3.8, 4) is 0 Å². The van der Waals surface area contributed by atoms with Crippen LogP contribution in [0.25, 0.3) is 16.6 Å². The lowest BCUT2D eigenvalue weighted by Crippen LogP contribution is -2.41. The van der Waals surface area contributed by atoms with Gasteiger partial charge in [-0.15, -0.1) is 0 Å². The van der Waals surface area contributed by atoms with Gasteiger partial charge in [0.1, 0.15) is 11.5 Å². The molecule has 32 heavy (non-hydrogen) atoms. The van der Waals surface area contributed by atoms with Crippen LogP contribution in [0.1, 0.15) is 41.7 Å². The number of benzene rings is 1. The quantitative estimate of drug-likeness (QED) is 0.381. The van der Waals surface area contributed by atoms with E-state index in [0.717, 1.165) is 58.4 Å². The number of nitrogens with two attached hydrogens (primary N) is 3. The van der Waals surface area contributed by atoms with Gasteiger partial charge in [0.25, 0.3) is 5.91 Å². The van der Waals surface area contributed by atoms with E-state index in [1.807, 2.05) is 4.90 Å². The number of carbonyl (C=O) groups excluding carboxylic acids is 1. The Morgan fingerprint density at radius 3 is 2.62 bits per heavy atom. The first kappa shape index (κ1) is 22.6. The Hall–Kier alpha value is -2.62. The topological polar surface area (TPSA) is 121 Å². The third-order valence-electron chi connectivity index (χ3n) is 6.58. The SMILES string of the molecule is NCCN1CCC(CN(N)/C=C(\N)c2c(C(=O)N3CCCC3)[nH]c3ccc(F)cc23)CC1. The number of amides is 1. The van der Waals surface area contributed by atoms with E-state index in [1.165, 1.54) is 12.1 Å². The van der Waals surface area contributed by atoms with E-state index < -0.39 is 0 Å². The highest BCUT2D eigenvalue weighted by molar-refractivity contribution is 6.06. The summed E-state index contributed by atoms with van der Waals surface area (Å²) in [6.07, 6.45) is 5.75. The normalized spacial score (nSPS) is 18.6. The van der Waals surface area contributed by atoms with E-state index in [1.54, 1.807) is 17.3 Å². The molecule has 0 bridgehead atoms. The average molecular weight is 444 g/mol. The van der Waals surface area contributed by atoms with Crippen LogP contribution in [0.15, 0.2) is 24.4 Å². The van der Waals surface area contributed by atoms with Crippen LogP contribution in [-0.2, 0) is 0 Å². The van der Waals surface area contributed by atoms with E-state index in [2.05, 4.69) is 9.88 Å². The van der Waals surface area contributed by atoms with Gasteiger partial charge in [-0.1, -0.05) is 0 Å². The Labute approximate surface area is 188 Å². The first-order valence-electron chi connectivity index (χ1n) is 11.5. The van der Waals surface area contributed by atoms with Gasteiger partial charge in [-0.05, 0) is 62.9 Å². The van der Waals surface area contributed by atoms with E-state index in [0.29, 0.717) is 46.9 Å². The molecular formula is C23H34FN7O. The molecule has 0 aliphatic carbocycles. The lowest BCUT2D eigenvalue weighted by atomic mass is 9.96. The molecule has 3 heterocycles. The molecule has 0 radical (unpaired) electrons. The maximum atomic E-state index is 14.0. The number of piperidine rings is 1. The summed E-state index contributed by atoms with van der Waals surface area (Å²) >= 11 is 0. The molecule has 2 saturated heterocycles. The first-order chi connectivity index (χ1) is 15.5. The monoisotopic (exact) mass is 443 g/mol. The standard InChI is InChI=1S/C23H34FN7O/c24-17-3-4-20-18(13-17)21(22(28-20)23(32)30-8-1-2-9-30)19(26)15-31(27)14-16-5-10-29(11-6-16)12-7-25/h3-4,13,15-16,28H,1-2,5-12,14,25-27H2/b19-15-. The second-order valence-electron chi connectivity index (χ2n) is 8.92. The zero-order chi connectivity index (χ0) is 22.7. The summed E-state index contributed by atoms with van der Waals surface area (Å²) in [7, 11) is 0. The van der Waals surface area contributed by atoms with Crippen molar-refractivity contribution >= 4 is 22.5 Å². The number of halogens is 1. The summed E-state index contributed by atoms with van der Waals surface area (Å²) < 4.78 is 14.0. The minimum atomic E-state index is -0.375. The first-order valence-corrected chi connectivity index (χ1v) is 11.5. The molecule has 1 aromatic carbocycles. The van der Waals surface area contributed by atoms with Crippen molar-refractivity contribution in [3.05, 3.63) is 41.5 Å². The number of hydrogen-bond donors (Lipinski definition) is 4. The summed E-state index contributed by atoms with van der Waals surface area (Å²) in [5.41, 5.74) is 14.1. The number of hydrazine groups is 1. The number of likely N-dealkylation sites (tertiary alicyclic amines) is 2. The molecule has 0 saturated carbocycles.